The van der Waals surface area contributed by atoms with E-state index in [2.05, 4.69) is 23.8 Å². The summed E-state index contributed by atoms with van der Waals surface area (Å²) in [5.41, 5.74) is 1.34. The van der Waals surface area contributed by atoms with Crippen LogP contribution in [-0.4, -0.2) is 28.7 Å². The van der Waals surface area contributed by atoms with E-state index in [1.54, 1.807) is 0 Å². The Morgan fingerprint density at radius 3 is 1.75 bits per heavy atom. The summed E-state index contributed by atoms with van der Waals surface area (Å²) in [6.45, 7) is 4.11. The van der Waals surface area contributed by atoms with Crippen LogP contribution in [-0.2, 0) is 4.79 Å². The highest BCUT2D eigenvalue weighted by Gasteiger charge is 2.45. The minimum absolute atomic E-state index is 0.0144. The maximum atomic E-state index is 11.4. The van der Waals surface area contributed by atoms with Gasteiger partial charge >= 0.3 is 5.97 Å². The van der Waals surface area contributed by atoms with E-state index in [0.717, 1.165) is 11.1 Å². The van der Waals surface area contributed by atoms with E-state index in [1.807, 2.05) is 60.7 Å². The summed E-state index contributed by atoms with van der Waals surface area (Å²) in [6.07, 6.45) is 1.39. The van der Waals surface area contributed by atoms with Gasteiger partial charge < -0.3 is 5.11 Å². The topological polar surface area (TPSA) is 62.0 Å². The van der Waals surface area contributed by atoms with Gasteiger partial charge in [-0.2, -0.15) is 0 Å². The Labute approximate surface area is 141 Å². The molecule has 0 amide bonds. The summed E-state index contributed by atoms with van der Waals surface area (Å²) in [7, 11) is 0. The van der Waals surface area contributed by atoms with Gasteiger partial charge in [-0.15, -0.1) is 0 Å². The molecule has 0 saturated carbocycles. The zero-order chi connectivity index (χ0) is 17.2. The summed E-state index contributed by atoms with van der Waals surface area (Å²) in [6, 6.07) is 20.0. The number of aliphatic imine (C=N–C) groups is 2. The molecular weight excluding hydrogens is 300 g/mol. The Morgan fingerprint density at radius 1 is 0.917 bits per heavy atom. The first-order chi connectivity index (χ1) is 11.5. The van der Waals surface area contributed by atoms with Crippen molar-refractivity contribution < 1.29 is 9.90 Å². The van der Waals surface area contributed by atoms with E-state index in [4.69, 9.17) is 0 Å². The van der Waals surface area contributed by atoms with Crippen LogP contribution in [0.15, 0.2) is 70.6 Å². The van der Waals surface area contributed by atoms with Crippen molar-refractivity contribution >= 4 is 17.9 Å². The monoisotopic (exact) mass is 320 g/mol. The van der Waals surface area contributed by atoms with Gasteiger partial charge in [-0.05, 0) is 11.1 Å². The molecule has 2 aromatic carbocycles. The predicted octanol–water partition coefficient (Wildman–Crippen LogP) is 3.90. The van der Waals surface area contributed by atoms with Crippen LogP contribution in [0.3, 0.4) is 0 Å². The van der Waals surface area contributed by atoms with E-state index < -0.39 is 11.6 Å². The van der Waals surface area contributed by atoms with Crippen LogP contribution in [0.25, 0.3) is 0 Å². The number of nitrogens with zero attached hydrogens (tertiary/aromatic N) is 2. The van der Waals surface area contributed by atoms with Crippen LogP contribution in [0.1, 0.15) is 36.8 Å². The summed E-state index contributed by atoms with van der Waals surface area (Å²) >= 11 is 0. The first-order valence-corrected chi connectivity index (χ1v) is 8.03. The molecular formula is C20H20N2O2. The molecule has 3 rings (SSSR count). The lowest BCUT2D eigenvalue weighted by molar-refractivity contribution is -0.129. The number of rotatable bonds is 5. The van der Waals surface area contributed by atoms with Crippen molar-refractivity contribution in [3.8, 4) is 0 Å². The van der Waals surface area contributed by atoms with Crippen molar-refractivity contribution in [1.82, 2.24) is 0 Å². The van der Waals surface area contributed by atoms with Crippen molar-refractivity contribution in [3.05, 3.63) is 71.8 Å². The number of carbonyl (C=O) groups is 1. The molecule has 0 saturated heterocycles. The molecule has 0 bridgehead atoms. The molecule has 0 spiro atoms. The zero-order valence-electron chi connectivity index (χ0n) is 13.8. The summed E-state index contributed by atoms with van der Waals surface area (Å²) < 4.78 is 0. The molecule has 24 heavy (non-hydrogen) atoms. The molecule has 0 aliphatic carbocycles. The standard InChI is InChI=1S/C20H20N2O2/c1-14(16-9-5-3-6-10-16)20(21-13-18(22-20)19(23)24)15(2)17-11-7-4-8-12-17/h3-15H,1-2H3,(H,23,24)/t14-,15-/m1/s1. The lowest BCUT2D eigenvalue weighted by Crippen LogP contribution is -2.36. The Hall–Kier alpha value is -2.75. The van der Waals surface area contributed by atoms with Crippen molar-refractivity contribution in [1.29, 1.82) is 0 Å². The first kappa shape index (κ1) is 16.1. The number of hydrogen-bond acceptors (Lipinski definition) is 3. The van der Waals surface area contributed by atoms with E-state index in [0.29, 0.717) is 0 Å². The highest BCUT2D eigenvalue weighted by atomic mass is 16.4. The minimum atomic E-state index is -1.04. The van der Waals surface area contributed by atoms with Crippen molar-refractivity contribution in [2.24, 2.45) is 9.98 Å². The van der Waals surface area contributed by atoms with Gasteiger partial charge in [0, 0.05) is 11.8 Å². The third-order valence-corrected chi connectivity index (χ3v) is 4.79. The van der Waals surface area contributed by atoms with Gasteiger partial charge in [-0.3, -0.25) is 4.99 Å². The molecule has 4 nitrogen and oxygen atoms in total. The summed E-state index contributed by atoms with van der Waals surface area (Å²) in [5, 5.41) is 9.33. The molecule has 122 valence electrons. The lowest BCUT2D eigenvalue weighted by Gasteiger charge is -2.36. The quantitative estimate of drug-likeness (QED) is 0.908. The molecule has 0 fully saturated rings. The Bertz CT molecular complexity index is 736. The molecule has 1 aliphatic rings. The van der Waals surface area contributed by atoms with Crippen molar-refractivity contribution in [2.75, 3.05) is 0 Å². The maximum absolute atomic E-state index is 11.4. The third kappa shape index (κ3) is 2.75. The summed E-state index contributed by atoms with van der Waals surface area (Å²) in [5.74, 6) is -1.15. The van der Waals surface area contributed by atoms with Crippen LogP contribution in [0.5, 0.6) is 0 Å². The van der Waals surface area contributed by atoms with Crippen molar-refractivity contribution in [3.63, 3.8) is 0 Å². The number of aliphatic carboxylic acids is 1. The van der Waals surface area contributed by atoms with Crippen LogP contribution in [0, 0.1) is 0 Å². The van der Waals surface area contributed by atoms with Crippen molar-refractivity contribution in [2.45, 2.75) is 31.3 Å². The lowest BCUT2D eigenvalue weighted by atomic mass is 9.77. The minimum Gasteiger partial charge on any atom is -0.476 e. The average Bonchev–Trinajstić information content (AvgIpc) is 3.09. The highest BCUT2D eigenvalue weighted by Crippen LogP contribution is 2.45. The Morgan fingerprint density at radius 2 is 1.38 bits per heavy atom. The van der Waals surface area contributed by atoms with Crippen LogP contribution in [0.4, 0.5) is 0 Å². The largest absolute Gasteiger partial charge is 0.476 e. The molecule has 0 unspecified atom stereocenters. The molecule has 2 aromatic rings. The maximum Gasteiger partial charge on any atom is 0.355 e. The van der Waals surface area contributed by atoms with Gasteiger partial charge in [0.1, 0.15) is 0 Å². The second-order valence-electron chi connectivity index (χ2n) is 6.11. The van der Waals surface area contributed by atoms with Gasteiger partial charge in [0.05, 0.1) is 6.21 Å². The second kappa shape index (κ2) is 6.40. The normalized spacial score (nSPS) is 18.0. The fraction of sp³-hybridized carbons (Fsp3) is 0.250. The fourth-order valence-electron chi connectivity index (χ4n) is 3.28. The highest BCUT2D eigenvalue weighted by molar-refractivity contribution is 6.59. The Kier molecular flexibility index (Phi) is 4.30. The number of carboxylic acids is 1. The number of carboxylic acid groups (broad SMARTS) is 1. The third-order valence-electron chi connectivity index (χ3n) is 4.79. The molecule has 2 atom stereocenters. The molecule has 1 aliphatic heterocycles. The van der Waals surface area contributed by atoms with Crippen LogP contribution < -0.4 is 0 Å². The van der Waals surface area contributed by atoms with Gasteiger partial charge in [0.2, 0.25) is 0 Å². The van der Waals surface area contributed by atoms with E-state index in [-0.39, 0.29) is 17.5 Å². The second-order valence-corrected chi connectivity index (χ2v) is 6.11. The number of hydrogen-bond donors (Lipinski definition) is 1. The van der Waals surface area contributed by atoms with Gasteiger partial charge in [-0.25, -0.2) is 9.79 Å². The smallest absolute Gasteiger partial charge is 0.355 e. The average molecular weight is 320 g/mol. The molecule has 4 heteroatoms. The zero-order valence-corrected chi connectivity index (χ0v) is 13.8. The molecule has 0 aromatic heterocycles. The van der Waals surface area contributed by atoms with E-state index in [1.165, 1.54) is 6.21 Å². The van der Waals surface area contributed by atoms with Gasteiger partial charge in [0.25, 0.3) is 0 Å². The predicted molar refractivity (Wildman–Crippen MR) is 96.0 cm³/mol. The van der Waals surface area contributed by atoms with Crippen LogP contribution in [0.2, 0.25) is 0 Å². The Balaban J connectivity index is 2.10. The van der Waals surface area contributed by atoms with E-state index in [9.17, 15) is 9.90 Å². The van der Waals surface area contributed by atoms with E-state index >= 15 is 0 Å². The van der Waals surface area contributed by atoms with Gasteiger partial charge in [-0.1, -0.05) is 74.5 Å². The fourth-order valence-corrected chi connectivity index (χ4v) is 3.28. The molecule has 1 N–H and O–H groups in total. The van der Waals surface area contributed by atoms with Gasteiger partial charge in [0.15, 0.2) is 11.4 Å². The first-order valence-electron chi connectivity index (χ1n) is 8.03. The molecule has 0 radical (unpaired) electrons. The van der Waals surface area contributed by atoms with Crippen LogP contribution >= 0.6 is 0 Å². The summed E-state index contributed by atoms with van der Waals surface area (Å²) in [4.78, 5) is 20.6. The number of benzene rings is 2. The SMILES string of the molecule is C[C@H](c1ccccc1)C1([C@H](C)c2ccccc2)N=CC(C(=O)O)=N1. The molecule has 1 heterocycles.